The van der Waals surface area contributed by atoms with Gasteiger partial charge in [-0.2, -0.15) is 5.26 Å². The van der Waals surface area contributed by atoms with Crippen LogP contribution in [0.25, 0.3) is 0 Å². The highest BCUT2D eigenvalue weighted by Crippen LogP contribution is 2.13. The van der Waals surface area contributed by atoms with E-state index in [-0.39, 0.29) is 16.8 Å². The van der Waals surface area contributed by atoms with Crippen LogP contribution >= 0.6 is 11.6 Å². The second-order valence-corrected chi connectivity index (χ2v) is 4.70. The Morgan fingerprint density at radius 3 is 2.71 bits per heavy atom. The normalized spacial score (nSPS) is 9.95. The summed E-state index contributed by atoms with van der Waals surface area (Å²) in [5.74, 6) is -0.241. The maximum atomic E-state index is 12.4. The number of hydrogen-bond donors (Lipinski definition) is 0. The van der Waals surface area contributed by atoms with Crippen molar-refractivity contribution >= 4 is 17.5 Å². The van der Waals surface area contributed by atoms with Crippen LogP contribution in [0.15, 0.2) is 36.7 Å². The molecule has 6 heteroatoms. The van der Waals surface area contributed by atoms with Crippen LogP contribution in [0.2, 0.25) is 5.15 Å². The lowest BCUT2D eigenvalue weighted by Gasteiger charge is -2.21. The van der Waals surface area contributed by atoms with Crippen LogP contribution in [-0.4, -0.2) is 27.3 Å². The van der Waals surface area contributed by atoms with Gasteiger partial charge in [0.2, 0.25) is 0 Å². The quantitative estimate of drug-likeness (QED) is 0.870. The summed E-state index contributed by atoms with van der Waals surface area (Å²) in [5, 5.41) is 9.34. The van der Waals surface area contributed by atoms with Crippen LogP contribution in [-0.2, 0) is 6.54 Å². The average Bonchev–Trinajstić information content (AvgIpc) is 2.53. The molecule has 1 heterocycles. The van der Waals surface area contributed by atoms with Gasteiger partial charge in [-0.3, -0.25) is 4.79 Å². The van der Waals surface area contributed by atoms with Gasteiger partial charge in [-0.25, -0.2) is 9.97 Å². The second-order valence-electron chi connectivity index (χ2n) is 4.31. The third kappa shape index (κ3) is 3.56. The van der Waals surface area contributed by atoms with E-state index in [0.29, 0.717) is 18.7 Å². The van der Waals surface area contributed by atoms with Crippen molar-refractivity contribution in [2.75, 3.05) is 6.54 Å². The summed E-state index contributed by atoms with van der Waals surface area (Å²) in [4.78, 5) is 21.8. The van der Waals surface area contributed by atoms with Crippen molar-refractivity contribution in [1.29, 1.82) is 5.26 Å². The van der Waals surface area contributed by atoms with E-state index in [9.17, 15) is 4.79 Å². The first kappa shape index (κ1) is 14.9. The van der Waals surface area contributed by atoms with Gasteiger partial charge in [-0.05, 0) is 18.6 Å². The van der Waals surface area contributed by atoms with Crippen molar-refractivity contribution in [1.82, 2.24) is 14.9 Å². The molecular weight excluding hydrogens is 288 g/mol. The highest BCUT2D eigenvalue weighted by atomic mass is 35.5. The standard InChI is InChI=1S/C15H13ClN4O/c1-2-20(10-12-6-4-3-5-11(12)7-17)15(21)13-8-19-14(16)9-18-13/h3-6,8-9H,2,10H2,1H3. The number of carbonyl (C=O) groups is 1. The van der Waals surface area contributed by atoms with Crippen LogP contribution in [0.1, 0.15) is 28.5 Å². The first-order valence-electron chi connectivity index (χ1n) is 6.40. The molecule has 0 fully saturated rings. The number of carbonyl (C=O) groups excluding carboxylic acids is 1. The largest absolute Gasteiger partial charge is 0.333 e. The Morgan fingerprint density at radius 1 is 1.33 bits per heavy atom. The summed E-state index contributed by atoms with van der Waals surface area (Å²) < 4.78 is 0. The van der Waals surface area contributed by atoms with Gasteiger partial charge in [0.1, 0.15) is 10.8 Å². The first-order chi connectivity index (χ1) is 10.2. The van der Waals surface area contributed by atoms with Gasteiger partial charge in [0.25, 0.3) is 5.91 Å². The van der Waals surface area contributed by atoms with E-state index in [1.807, 2.05) is 19.1 Å². The monoisotopic (exact) mass is 300 g/mol. The molecule has 1 aromatic carbocycles. The second kappa shape index (κ2) is 6.82. The van der Waals surface area contributed by atoms with E-state index < -0.39 is 0 Å². The summed E-state index contributed by atoms with van der Waals surface area (Å²) in [6.07, 6.45) is 2.69. The lowest BCUT2D eigenvalue weighted by atomic mass is 10.1. The molecule has 2 aromatic rings. The third-order valence-corrected chi connectivity index (χ3v) is 3.20. The van der Waals surface area contributed by atoms with E-state index >= 15 is 0 Å². The molecule has 0 atom stereocenters. The van der Waals surface area contributed by atoms with Gasteiger partial charge in [0, 0.05) is 13.1 Å². The van der Waals surface area contributed by atoms with Crippen molar-refractivity contribution in [2.24, 2.45) is 0 Å². The number of amides is 1. The average molecular weight is 301 g/mol. The number of rotatable bonds is 4. The van der Waals surface area contributed by atoms with Crippen LogP contribution in [0.5, 0.6) is 0 Å². The van der Waals surface area contributed by atoms with Crippen molar-refractivity contribution in [3.63, 3.8) is 0 Å². The van der Waals surface area contributed by atoms with Gasteiger partial charge < -0.3 is 4.90 Å². The smallest absolute Gasteiger partial charge is 0.274 e. The minimum absolute atomic E-state index is 0.232. The fraction of sp³-hybridized carbons (Fsp3) is 0.200. The molecule has 2 rings (SSSR count). The van der Waals surface area contributed by atoms with Crippen molar-refractivity contribution in [3.8, 4) is 6.07 Å². The summed E-state index contributed by atoms with van der Waals surface area (Å²) in [5.41, 5.74) is 1.60. The zero-order valence-corrected chi connectivity index (χ0v) is 12.2. The molecule has 0 saturated carbocycles. The summed E-state index contributed by atoms with van der Waals surface area (Å²) in [7, 11) is 0. The summed E-state index contributed by atoms with van der Waals surface area (Å²) >= 11 is 5.66. The fourth-order valence-corrected chi connectivity index (χ4v) is 1.98. The molecule has 5 nitrogen and oxygen atoms in total. The predicted molar refractivity (Wildman–Crippen MR) is 78.6 cm³/mol. The fourth-order valence-electron chi connectivity index (χ4n) is 1.88. The Kier molecular flexibility index (Phi) is 4.85. The zero-order chi connectivity index (χ0) is 15.2. The van der Waals surface area contributed by atoms with Crippen molar-refractivity contribution in [2.45, 2.75) is 13.5 Å². The predicted octanol–water partition coefficient (Wildman–Crippen LogP) is 2.66. The Hall–Kier alpha value is -2.45. The van der Waals surface area contributed by atoms with Gasteiger partial charge in [-0.15, -0.1) is 0 Å². The molecule has 1 amide bonds. The van der Waals surface area contributed by atoms with Gasteiger partial charge in [0.15, 0.2) is 0 Å². The zero-order valence-electron chi connectivity index (χ0n) is 11.5. The Balaban J connectivity index is 2.22. The minimum atomic E-state index is -0.241. The number of halogens is 1. The van der Waals surface area contributed by atoms with E-state index in [4.69, 9.17) is 16.9 Å². The number of nitriles is 1. The molecule has 0 saturated heterocycles. The molecule has 106 valence electrons. The molecule has 0 spiro atoms. The maximum absolute atomic E-state index is 12.4. The van der Waals surface area contributed by atoms with Crippen LogP contribution in [0, 0.1) is 11.3 Å². The van der Waals surface area contributed by atoms with Crippen LogP contribution in [0.4, 0.5) is 0 Å². The van der Waals surface area contributed by atoms with E-state index in [0.717, 1.165) is 5.56 Å². The molecule has 0 aliphatic rings. The number of benzene rings is 1. The molecule has 1 aromatic heterocycles. The lowest BCUT2D eigenvalue weighted by molar-refractivity contribution is 0.0746. The van der Waals surface area contributed by atoms with Crippen LogP contribution in [0.3, 0.4) is 0 Å². The SMILES string of the molecule is CCN(Cc1ccccc1C#N)C(=O)c1cnc(Cl)cn1. The van der Waals surface area contributed by atoms with Crippen LogP contribution < -0.4 is 0 Å². The highest BCUT2D eigenvalue weighted by molar-refractivity contribution is 6.29. The maximum Gasteiger partial charge on any atom is 0.274 e. The summed E-state index contributed by atoms with van der Waals surface area (Å²) in [6.45, 7) is 2.72. The molecular formula is C15H13ClN4O. The molecule has 21 heavy (non-hydrogen) atoms. The van der Waals surface area contributed by atoms with Gasteiger partial charge >= 0.3 is 0 Å². The van der Waals surface area contributed by atoms with Gasteiger partial charge in [-0.1, -0.05) is 29.8 Å². The lowest BCUT2D eigenvalue weighted by Crippen LogP contribution is -2.31. The molecule has 0 unspecified atom stereocenters. The topological polar surface area (TPSA) is 69.9 Å². The van der Waals surface area contributed by atoms with E-state index in [1.54, 1.807) is 17.0 Å². The first-order valence-corrected chi connectivity index (χ1v) is 6.78. The third-order valence-electron chi connectivity index (χ3n) is 3.01. The molecule has 0 radical (unpaired) electrons. The Labute approximate surface area is 127 Å². The number of nitrogens with zero attached hydrogens (tertiary/aromatic N) is 4. The van der Waals surface area contributed by atoms with E-state index in [2.05, 4.69) is 16.0 Å². The molecule has 0 aliphatic carbocycles. The summed E-state index contributed by atoms with van der Waals surface area (Å²) in [6, 6.07) is 9.34. The highest BCUT2D eigenvalue weighted by Gasteiger charge is 2.17. The molecule has 0 bridgehead atoms. The molecule has 0 N–H and O–H groups in total. The van der Waals surface area contributed by atoms with Crippen molar-refractivity contribution < 1.29 is 4.79 Å². The number of hydrogen-bond acceptors (Lipinski definition) is 4. The number of aromatic nitrogens is 2. The van der Waals surface area contributed by atoms with Crippen molar-refractivity contribution in [3.05, 3.63) is 58.6 Å². The molecule has 0 aliphatic heterocycles. The Morgan fingerprint density at radius 2 is 2.10 bits per heavy atom. The Bertz CT molecular complexity index is 679. The van der Waals surface area contributed by atoms with E-state index in [1.165, 1.54) is 12.4 Å². The van der Waals surface area contributed by atoms with Gasteiger partial charge in [0.05, 0.1) is 24.0 Å². The minimum Gasteiger partial charge on any atom is -0.333 e.